The third kappa shape index (κ3) is 2.80. The van der Waals surface area contributed by atoms with Crippen LogP contribution in [0.5, 0.6) is 5.75 Å². The summed E-state index contributed by atoms with van der Waals surface area (Å²) in [5, 5.41) is 0. The van der Waals surface area contributed by atoms with Gasteiger partial charge in [-0.25, -0.2) is 0 Å². The SMILES string of the molecule is COc1ccc(C(=O)C2C(c3ccco3)C3(C(=O)c4ccccc4C3=O)C3C=Cc4ccccc4N23)cc1. The van der Waals surface area contributed by atoms with Gasteiger partial charge in [-0.05, 0) is 48.0 Å². The zero-order valence-electron chi connectivity index (χ0n) is 20.5. The summed E-state index contributed by atoms with van der Waals surface area (Å²) in [6.45, 7) is 0. The Morgan fingerprint density at radius 3 is 2.21 bits per heavy atom. The van der Waals surface area contributed by atoms with E-state index >= 15 is 0 Å². The van der Waals surface area contributed by atoms with Crippen molar-refractivity contribution < 1.29 is 23.5 Å². The molecule has 6 nitrogen and oxygen atoms in total. The first-order valence-electron chi connectivity index (χ1n) is 12.5. The predicted octanol–water partition coefficient (Wildman–Crippen LogP) is 5.60. The summed E-state index contributed by atoms with van der Waals surface area (Å²) in [6.07, 6.45) is 5.37. The average molecular weight is 502 g/mol. The van der Waals surface area contributed by atoms with Crippen LogP contribution in [0.15, 0.2) is 102 Å². The molecule has 0 saturated carbocycles. The molecule has 2 aliphatic heterocycles. The summed E-state index contributed by atoms with van der Waals surface area (Å²) in [6, 6.07) is 23.6. The molecule has 3 aromatic carbocycles. The number of furan rings is 1. The van der Waals surface area contributed by atoms with E-state index in [1.807, 2.05) is 41.3 Å². The number of Topliss-reactive ketones (excluding diaryl/α,β-unsaturated/α-hetero) is 3. The molecule has 186 valence electrons. The van der Waals surface area contributed by atoms with Crippen molar-refractivity contribution in [3.05, 3.63) is 125 Å². The molecule has 7 rings (SSSR count). The van der Waals surface area contributed by atoms with Gasteiger partial charge >= 0.3 is 0 Å². The Morgan fingerprint density at radius 2 is 1.55 bits per heavy atom. The molecule has 1 aromatic heterocycles. The summed E-state index contributed by atoms with van der Waals surface area (Å²) in [5.41, 5.74) is 1.40. The number of methoxy groups -OCH3 is 1. The first-order chi connectivity index (χ1) is 18.6. The van der Waals surface area contributed by atoms with Gasteiger partial charge in [0.15, 0.2) is 17.3 Å². The molecule has 1 fully saturated rings. The second kappa shape index (κ2) is 8.15. The number of ether oxygens (including phenoxy) is 1. The van der Waals surface area contributed by atoms with Crippen LogP contribution in [-0.4, -0.2) is 36.5 Å². The Morgan fingerprint density at radius 1 is 0.868 bits per heavy atom. The summed E-state index contributed by atoms with van der Waals surface area (Å²) in [4.78, 5) is 45.3. The van der Waals surface area contributed by atoms with Crippen LogP contribution in [0.3, 0.4) is 0 Å². The van der Waals surface area contributed by atoms with Crippen LogP contribution < -0.4 is 9.64 Å². The van der Waals surface area contributed by atoms with Crippen molar-refractivity contribution in [2.75, 3.05) is 12.0 Å². The number of carbonyl (C=O) groups excluding carboxylic acids is 3. The van der Waals surface area contributed by atoms with Gasteiger partial charge in [-0.1, -0.05) is 54.6 Å². The molecule has 6 heteroatoms. The van der Waals surface area contributed by atoms with Crippen molar-refractivity contribution in [2.24, 2.45) is 5.41 Å². The first-order valence-corrected chi connectivity index (χ1v) is 12.5. The smallest absolute Gasteiger partial charge is 0.186 e. The second-order valence-electron chi connectivity index (χ2n) is 9.87. The van der Waals surface area contributed by atoms with E-state index in [2.05, 4.69) is 0 Å². The zero-order valence-corrected chi connectivity index (χ0v) is 20.5. The molecule has 38 heavy (non-hydrogen) atoms. The molecule has 3 atom stereocenters. The Bertz CT molecular complexity index is 1600. The number of carbonyl (C=O) groups is 3. The van der Waals surface area contributed by atoms with Crippen molar-refractivity contribution in [3.63, 3.8) is 0 Å². The lowest BCUT2D eigenvalue weighted by Crippen LogP contribution is -2.48. The van der Waals surface area contributed by atoms with Crippen LogP contribution in [0.25, 0.3) is 6.08 Å². The highest BCUT2D eigenvalue weighted by atomic mass is 16.5. The molecule has 0 N–H and O–H groups in total. The van der Waals surface area contributed by atoms with Gasteiger partial charge in [0.1, 0.15) is 23.0 Å². The number of rotatable bonds is 4. The van der Waals surface area contributed by atoms with Crippen LogP contribution >= 0.6 is 0 Å². The molecular weight excluding hydrogens is 478 g/mol. The first kappa shape index (κ1) is 22.5. The number of benzene rings is 3. The molecule has 3 heterocycles. The van der Waals surface area contributed by atoms with E-state index in [1.54, 1.807) is 67.8 Å². The van der Waals surface area contributed by atoms with E-state index in [1.165, 1.54) is 6.26 Å². The van der Waals surface area contributed by atoms with Crippen molar-refractivity contribution in [1.82, 2.24) is 0 Å². The lowest BCUT2D eigenvalue weighted by molar-refractivity contribution is 0.0652. The molecule has 0 amide bonds. The molecule has 0 bridgehead atoms. The molecule has 3 aliphatic rings. The minimum atomic E-state index is -1.56. The third-order valence-corrected chi connectivity index (χ3v) is 8.21. The maximum Gasteiger partial charge on any atom is 0.186 e. The largest absolute Gasteiger partial charge is 0.497 e. The van der Waals surface area contributed by atoms with Gasteiger partial charge in [-0.2, -0.15) is 0 Å². The Balaban J connectivity index is 1.51. The minimum absolute atomic E-state index is 0.197. The highest BCUT2D eigenvalue weighted by Gasteiger charge is 2.72. The number of hydrogen-bond donors (Lipinski definition) is 0. The monoisotopic (exact) mass is 501 g/mol. The van der Waals surface area contributed by atoms with Crippen LogP contribution in [0, 0.1) is 5.41 Å². The number of nitrogens with zero attached hydrogens (tertiary/aromatic N) is 1. The fourth-order valence-electron chi connectivity index (χ4n) is 6.62. The van der Waals surface area contributed by atoms with Crippen molar-refractivity contribution in [3.8, 4) is 5.75 Å². The number of anilines is 1. The molecule has 1 spiro atoms. The molecule has 3 unspecified atom stereocenters. The van der Waals surface area contributed by atoms with Gasteiger partial charge in [-0.15, -0.1) is 0 Å². The summed E-state index contributed by atoms with van der Waals surface area (Å²) in [7, 11) is 1.57. The fourth-order valence-corrected chi connectivity index (χ4v) is 6.62. The standard InChI is InChI=1S/C32H23NO5/c1-37-21-15-12-20(13-16-21)29(34)28-27(25-11-6-18-38-25)32(30(35)22-8-3-4-9-23(22)31(32)36)26-17-14-19-7-2-5-10-24(19)33(26)28/h2-18,26-28H,1H3. The van der Waals surface area contributed by atoms with Gasteiger partial charge < -0.3 is 14.1 Å². The van der Waals surface area contributed by atoms with Gasteiger partial charge in [0, 0.05) is 22.4 Å². The zero-order chi connectivity index (χ0) is 26.0. The summed E-state index contributed by atoms with van der Waals surface area (Å²) >= 11 is 0. The molecular formula is C32H23NO5. The van der Waals surface area contributed by atoms with Crippen molar-refractivity contribution in [1.29, 1.82) is 0 Å². The maximum absolute atomic E-state index is 14.5. The van der Waals surface area contributed by atoms with Crippen molar-refractivity contribution >= 4 is 29.1 Å². The van der Waals surface area contributed by atoms with E-state index in [9.17, 15) is 14.4 Å². The molecule has 4 aromatic rings. The van der Waals surface area contributed by atoms with Crippen LogP contribution in [-0.2, 0) is 0 Å². The Hall–Kier alpha value is -4.71. The molecule has 1 saturated heterocycles. The van der Waals surface area contributed by atoms with Crippen LogP contribution in [0.1, 0.15) is 48.3 Å². The highest BCUT2D eigenvalue weighted by Crippen LogP contribution is 2.61. The highest BCUT2D eigenvalue weighted by molar-refractivity contribution is 6.32. The topological polar surface area (TPSA) is 76.8 Å². The summed E-state index contributed by atoms with van der Waals surface area (Å²) in [5.74, 6) is -0.524. The normalized spacial score (nSPS) is 22.3. The Kier molecular flexibility index (Phi) is 4.82. The quantitative estimate of drug-likeness (QED) is 0.267. The van der Waals surface area contributed by atoms with E-state index in [4.69, 9.17) is 9.15 Å². The van der Waals surface area contributed by atoms with Crippen molar-refractivity contribution in [2.45, 2.75) is 18.0 Å². The average Bonchev–Trinajstić information content (AvgIpc) is 3.66. The number of fused-ring (bicyclic) bond motifs is 5. The summed E-state index contributed by atoms with van der Waals surface area (Å²) < 4.78 is 11.2. The van der Waals surface area contributed by atoms with Gasteiger partial charge in [0.05, 0.1) is 25.3 Å². The van der Waals surface area contributed by atoms with Gasteiger partial charge in [0.2, 0.25) is 0 Å². The number of hydrogen-bond acceptors (Lipinski definition) is 6. The third-order valence-electron chi connectivity index (χ3n) is 8.21. The second-order valence-corrected chi connectivity index (χ2v) is 9.87. The molecule has 1 aliphatic carbocycles. The Labute approximate surface area is 219 Å². The lowest BCUT2D eigenvalue weighted by Gasteiger charge is -2.37. The predicted molar refractivity (Wildman–Crippen MR) is 142 cm³/mol. The fraction of sp³-hybridized carbons (Fsp3) is 0.156. The van der Waals surface area contributed by atoms with E-state index in [0.717, 1.165) is 11.3 Å². The van der Waals surface area contributed by atoms with Gasteiger partial charge in [-0.3, -0.25) is 14.4 Å². The number of ketones is 3. The molecule has 0 radical (unpaired) electrons. The van der Waals surface area contributed by atoms with E-state index < -0.39 is 23.4 Å². The number of para-hydroxylation sites is 1. The van der Waals surface area contributed by atoms with Crippen LogP contribution in [0.2, 0.25) is 0 Å². The van der Waals surface area contributed by atoms with Gasteiger partial charge in [0.25, 0.3) is 0 Å². The van der Waals surface area contributed by atoms with Crippen LogP contribution in [0.4, 0.5) is 5.69 Å². The van der Waals surface area contributed by atoms with E-state index in [0.29, 0.717) is 28.2 Å². The maximum atomic E-state index is 14.5. The van der Waals surface area contributed by atoms with E-state index in [-0.39, 0.29) is 17.3 Å². The minimum Gasteiger partial charge on any atom is -0.497 e. The lowest BCUT2D eigenvalue weighted by atomic mass is 9.65.